The van der Waals surface area contributed by atoms with Crippen molar-refractivity contribution in [1.29, 1.82) is 0 Å². The van der Waals surface area contributed by atoms with Crippen molar-refractivity contribution in [2.24, 2.45) is 16.9 Å². The number of carboxylic acids is 1. The molecule has 10 heteroatoms. The Morgan fingerprint density at radius 1 is 1.10 bits per heavy atom. The summed E-state index contributed by atoms with van der Waals surface area (Å²) in [5, 5.41) is 9.10. The van der Waals surface area contributed by atoms with Crippen molar-refractivity contribution in [3.05, 3.63) is 83.7 Å². The van der Waals surface area contributed by atoms with E-state index >= 15 is 0 Å². The number of nitrogens with two attached hydrogens (primary N) is 2. The lowest BCUT2D eigenvalue weighted by Gasteiger charge is -2.41. The molecule has 1 aromatic heterocycles. The fourth-order valence-electron chi connectivity index (χ4n) is 4.70. The van der Waals surface area contributed by atoms with Crippen LogP contribution in [0.4, 0.5) is 8.78 Å². The van der Waals surface area contributed by atoms with Crippen LogP contribution in [0.25, 0.3) is 11.1 Å². The van der Waals surface area contributed by atoms with Gasteiger partial charge in [0.15, 0.2) is 0 Å². The fraction of sp³-hybridized carbons (Fsp3) is 0.400. The first-order chi connectivity index (χ1) is 18.9. The highest BCUT2D eigenvalue weighted by Crippen LogP contribution is 2.41. The lowest BCUT2D eigenvalue weighted by molar-refractivity contribution is -0.138. The second-order valence-electron chi connectivity index (χ2n) is 10.8. The number of benzene rings is 2. The minimum absolute atomic E-state index is 0.0446. The van der Waals surface area contributed by atoms with E-state index in [-0.39, 0.29) is 23.0 Å². The van der Waals surface area contributed by atoms with Crippen LogP contribution in [-0.2, 0) is 16.1 Å². The molecular weight excluding hydrogens is 534 g/mol. The third-order valence-electron chi connectivity index (χ3n) is 6.54. The second-order valence-corrected chi connectivity index (χ2v) is 11.9. The van der Waals surface area contributed by atoms with E-state index in [1.807, 2.05) is 61.7 Å². The fourth-order valence-corrected chi connectivity index (χ4v) is 5.55. The summed E-state index contributed by atoms with van der Waals surface area (Å²) in [4.78, 5) is 26.6. The van der Waals surface area contributed by atoms with Gasteiger partial charge in [0.1, 0.15) is 17.7 Å². The summed E-state index contributed by atoms with van der Waals surface area (Å²) in [5.41, 5.74) is 13.4. The summed E-state index contributed by atoms with van der Waals surface area (Å²) in [6.45, 7) is 7.29. The number of aromatic nitrogens is 1. The minimum atomic E-state index is -1.12. The summed E-state index contributed by atoms with van der Waals surface area (Å²) in [6.07, 6.45) is 2.35. The first-order valence-electron chi connectivity index (χ1n) is 13.2. The van der Waals surface area contributed by atoms with E-state index in [4.69, 9.17) is 16.6 Å². The first-order valence-corrected chi connectivity index (χ1v) is 14.3. The standard InChI is InChI=1S/C30H38F2N4O3S/c1-30(2,3)28(36(13-7-12-33)27(37)19-40-18-25(34)29(38)39)26-14-21(23-15-22(31)10-11-24(23)32)17-35(26)16-20-8-5-4-6-9-20/h4-6,8-11,14-15,17,25,28H,7,12-13,16,18-19,33-34H2,1-3H3,(H,38,39)/t25-,28-/m0/s1. The van der Waals surface area contributed by atoms with Gasteiger partial charge in [-0.1, -0.05) is 51.1 Å². The van der Waals surface area contributed by atoms with Crippen LogP contribution < -0.4 is 11.5 Å². The van der Waals surface area contributed by atoms with Crippen molar-refractivity contribution in [3.8, 4) is 11.1 Å². The normalized spacial score (nSPS) is 13.2. The predicted octanol–water partition coefficient (Wildman–Crippen LogP) is 4.89. The summed E-state index contributed by atoms with van der Waals surface area (Å²) >= 11 is 1.17. The number of carboxylic acid groups (broad SMARTS) is 1. The van der Waals surface area contributed by atoms with Crippen molar-refractivity contribution in [2.75, 3.05) is 24.6 Å². The molecule has 7 nitrogen and oxygen atoms in total. The van der Waals surface area contributed by atoms with Gasteiger partial charge in [-0.3, -0.25) is 9.59 Å². The summed E-state index contributed by atoms with van der Waals surface area (Å²) in [7, 11) is 0. The molecule has 3 rings (SSSR count). The molecule has 0 aliphatic heterocycles. The first kappa shape index (κ1) is 31.3. The molecule has 3 aromatic rings. The molecule has 0 aliphatic rings. The average Bonchev–Trinajstić information content (AvgIpc) is 3.29. The van der Waals surface area contributed by atoms with Gasteiger partial charge in [0.25, 0.3) is 0 Å². The summed E-state index contributed by atoms with van der Waals surface area (Å²) in [6, 6.07) is 13.4. The van der Waals surface area contributed by atoms with Crippen LogP contribution in [0, 0.1) is 17.0 Å². The van der Waals surface area contributed by atoms with E-state index < -0.39 is 35.1 Å². The third kappa shape index (κ3) is 8.16. The Morgan fingerprint density at radius 3 is 2.42 bits per heavy atom. The molecule has 0 aliphatic carbocycles. The third-order valence-corrected chi connectivity index (χ3v) is 7.59. The molecule has 2 aromatic carbocycles. The molecule has 0 fully saturated rings. The van der Waals surface area contributed by atoms with Gasteiger partial charge in [0, 0.05) is 41.9 Å². The Balaban J connectivity index is 2.10. The number of hydrogen-bond acceptors (Lipinski definition) is 5. The number of amides is 1. The highest BCUT2D eigenvalue weighted by molar-refractivity contribution is 8.00. The smallest absolute Gasteiger partial charge is 0.321 e. The van der Waals surface area contributed by atoms with Gasteiger partial charge in [0.2, 0.25) is 5.91 Å². The Hall–Kier alpha value is -3.21. The molecule has 1 amide bonds. The molecule has 216 valence electrons. The van der Waals surface area contributed by atoms with Crippen LogP contribution in [0.3, 0.4) is 0 Å². The summed E-state index contributed by atoms with van der Waals surface area (Å²) in [5.74, 6) is -2.25. The Morgan fingerprint density at radius 2 is 1.80 bits per heavy atom. The van der Waals surface area contributed by atoms with Crippen molar-refractivity contribution in [1.82, 2.24) is 9.47 Å². The lowest BCUT2D eigenvalue weighted by Crippen LogP contribution is -2.44. The van der Waals surface area contributed by atoms with Crippen LogP contribution >= 0.6 is 11.8 Å². The van der Waals surface area contributed by atoms with Gasteiger partial charge in [-0.05, 0) is 48.2 Å². The average molecular weight is 573 g/mol. The Bertz CT molecular complexity index is 1290. The monoisotopic (exact) mass is 572 g/mol. The molecule has 0 spiro atoms. The molecule has 40 heavy (non-hydrogen) atoms. The van der Waals surface area contributed by atoms with Crippen LogP contribution in [-0.4, -0.2) is 57.1 Å². The van der Waals surface area contributed by atoms with Crippen molar-refractivity contribution < 1.29 is 23.5 Å². The number of hydrogen-bond donors (Lipinski definition) is 3. The predicted molar refractivity (Wildman–Crippen MR) is 156 cm³/mol. The van der Waals surface area contributed by atoms with Crippen LogP contribution in [0.15, 0.2) is 60.8 Å². The molecule has 0 radical (unpaired) electrons. The maximum absolute atomic E-state index is 14.9. The van der Waals surface area contributed by atoms with Gasteiger partial charge >= 0.3 is 5.97 Å². The van der Waals surface area contributed by atoms with E-state index in [9.17, 15) is 18.4 Å². The van der Waals surface area contributed by atoms with Gasteiger partial charge in [-0.15, -0.1) is 11.8 Å². The highest BCUT2D eigenvalue weighted by Gasteiger charge is 2.37. The summed E-state index contributed by atoms with van der Waals surface area (Å²) < 4.78 is 31.0. The molecule has 2 atom stereocenters. The maximum Gasteiger partial charge on any atom is 0.321 e. The van der Waals surface area contributed by atoms with E-state index in [0.29, 0.717) is 31.6 Å². The topological polar surface area (TPSA) is 115 Å². The number of aliphatic carboxylic acids is 1. The van der Waals surface area contributed by atoms with Gasteiger partial charge < -0.3 is 26.0 Å². The number of halogens is 2. The zero-order valence-corrected chi connectivity index (χ0v) is 24.0. The minimum Gasteiger partial charge on any atom is -0.480 e. The van der Waals surface area contributed by atoms with Crippen LogP contribution in [0.2, 0.25) is 0 Å². The SMILES string of the molecule is CC(C)(C)[C@H](c1cc(-c2cc(F)ccc2F)cn1Cc1ccccc1)N(CCCN)C(=O)CSC[C@H](N)C(=O)O. The highest BCUT2D eigenvalue weighted by atomic mass is 32.2. The van der Waals surface area contributed by atoms with Crippen molar-refractivity contribution in [3.63, 3.8) is 0 Å². The van der Waals surface area contributed by atoms with Crippen LogP contribution in [0.5, 0.6) is 0 Å². The van der Waals surface area contributed by atoms with Gasteiger partial charge in [-0.2, -0.15) is 0 Å². The van der Waals surface area contributed by atoms with Crippen molar-refractivity contribution in [2.45, 2.75) is 45.8 Å². The molecule has 0 unspecified atom stereocenters. The Kier molecular flexibility index (Phi) is 10.9. The van der Waals surface area contributed by atoms with E-state index in [0.717, 1.165) is 23.4 Å². The largest absolute Gasteiger partial charge is 0.480 e. The number of carbonyl (C=O) groups excluding carboxylic acids is 1. The Labute approximate surface area is 238 Å². The van der Waals surface area contributed by atoms with Gasteiger partial charge in [0.05, 0.1) is 11.8 Å². The number of nitrogens with zero attached hydrogens (tertiary/aromatic N) is 2. The van der Waals surface area contributed by atoms with E-state index in [1.54, 1.807) is 11.1 Å². The molecule has 1 heterocycles. The molecule has 5 N–H and O–H groups in total. The maximum atomic E-state index is 14.9. The number of carbonyl (C=O) groups is 2. The molecule has 0 saturated carbocycles. The van der Waals surface area contributed by atoms with Crippen molar-refractivity contribution >= 4 is 23.6 Å². The van der Waals surface area contributed by atoms with Gasteiger partial charge in [-0.25, -0.2) is 8.78 Å². The number of rotatable bonds is 13. The zero-order chi connectivity index (χ0) is 29.4. The quantitative estimate of drug-likeness (QED) is 0.269. The number of thioether (sulfide) groups is 1. The van der Waals surface area contributed by atoms with Crippen LogP contribution in [0.1, 0.15) is 44.5 Å². The molecule has 0 saturated heterocycles. The van der Waals surface area contributed by atoms with E-state index in [1.165, 1.54) is 17.8 Å². The zero-order valence-electron chi connectivity index (χ0n) is 23.1. The lowest BCUT2D eigenvalue weighted by atomic mass is 9.83. The van der Waals surface area contributed by atoms with E-state index in [2.05, 4.69) is 0 Å². The molecule has 0 bridgehead atoms. The molecular formula is C30H38F2N4O3S. The second kappa shape index (κ2) is 13.9.